The third-order valence-corrected chi connectivity index (χ3v) is 5.90. The zero-order chi connectivity index (χ0) is 17.9. The van der Waals surface area contributed by atoms with Crippen LogP contribution in [0, 0.1) is 5.92 Å². The van der Waals surface area contributed by atoms with Gasteiger partial charge in [0, 0.05) is 45.3 Å². The van der Waals surface area contributed by atoms with E-state index in [1.807, 2.05) is 18.3 Å². The second-order valence-electron chi connectivity index (χ2n) is 7.64. The Morgan fingerprint density at radius 3 is 2.96 bits per heavy atom. The molecule has 1 amide bonds. The van der Waals surface area contributed by atoms with Crippen molar-refractivity contribution in [2.24, 2.45) is 5.92 Å². The number of likely N-dealkylation sites (tertiary alicyclic amines) is 1. The summed E-state index contributed by atoms with van der Waals surface area (Å²) in [7, 11) is 1.71. The van der Waals surface area contributed by atoms with Crippen molar-refractivity contribution in [1.82, 2.24) is 19.4 Å². The van der Waals surface area contributed by atoms with Crippen molar-refractivity contribution in [3.05, 3.63) is 24.2 Å². The minimum atomic E-state index is 0.286. The number of ether oxygens (including phenoxy) is 1. The maximum atomic E-state index is 12.7. The average Bonchev–Trinajstić information content (AvgIpc) is 3.39. The molecule has 6 nitrogen and oxygen atoms in total. The average molecular weight is 356 g/mol. The molecule has 1 saturated heterocycles. The van der Waals surface area contributed by atoms with Crippen LogP contribution in [0.1, 0.15) is 50.3 Å². The molecule has 1 aliphatic carbocycles. The molecule has 0 bridgehead atoms. The Labute approximate surface area is 154 Å². The Morgan fingerprint density at radius 1 is 1.31 bits per heavy atom. The van der Waals surface area contributed by atoms with Gasteiger partial charge in [0.2, 0.25) is 5.91 Å². The van der Waals surface area contributed by atoms with E-state index in [9.17, 15) is 4.79 Å². The number of carbonyl (C=O) groups excluding carboxylic acids is 1. The summed E-state index contributed by atoms with van der Waals surface area (Å²) < 4.78 is 7.45. The van der Waals surface area contributed by atoms with Crippen LogP contribution in [0.15, 0.2) is 18.3 Å². The van der Waals surface area contributed by atoms with E-state index in [4.69, 9.17) is 9.72 Å². The predicted molar refractivity (Wildman–Crippen MR) is 99.9 cm³/mol. The first-order valence-electron chi connectivity index (χ1n) is 9.84. The quantitative estimate of drug-likeness (QED) is 0.798. The minimum absolute atomic E-state index is 0.286. The van der Waals surface area contributed by atoms with Crippen molar-refractivity contribution >= 4 is 17.1 Å². The van der Waals surface area contributed by atoms with E-state index < -0.39 is 0 Å². The molecule has 26 heavy (non-hydrogen) atoms. The predicted octanol–water partition coefficient (Wildman–Crippen LogP) is 2.97. The Kier molecular flexibility index (Phi) is 5.20. The molecule has 140 valence electrons. The molecule has 0 spiro atoms. The number of hydrogen-bond acceptors (Lipinski definition) is 4. The molecule has 0 unspecified atom stereocenters. The second-order valence-corrected chi connectivity index (χ2v) is 7.64. The Bertz CT molecular complexity index is 766. The fourth-order valence-electron chi connectivity index (χ4n) is 4.48. The molecule has 2 aromatic heterocycles. The van der Waals surface area contributed by atoms with Gasteiger partial charge in [0.15, 0.2) is 5.65 Å². The molecule has 1 aliphatic heterocycles. The first-order chi connectivity index (χ1) is 12.8. The van der Waals surface area contributed by atoms with Gasteiger partial charge in [0.05, 0.1) is 6.61 Å². The number of methoxy groups -OCH3 is 1. The van der Waals surface area contributed by atoms with Gasteiger partial charge in [0.1, 0.15) is 11.3 Å². The van der Waals surface area contributed by atoms with Crippen LogP contribution in [0.4, 0.5) is 0 Å². The van der Waals surface area contributed by atoms with Gasteiger partial charge in [-0.25, -0.2) is 9.97 Å². The van der Waals surface area contributed by atoms with Crippen LogP contribution in [0.5, 0.6) is 0 Å². The Morgan fingerprint density at radius 2 is 2.15 bits per heavy atom. The third-order valence-electron chi connectivity index (χ3n) is 5.90. The van der Waals surface area contributed by atoms with Gasteiger partial charge in [-0.15, -0.1) is 0 Å². The first kappa shape index (κ1) is 17.5. The van der Waals surface area contributed by atoms with Crippen molar-refractivity contribution in [3.63, 3.8) is 0 Å². The molecule has 2 aliphatic rings. The first-order valence-corrected chi connectivity index (χ1v) is 9.84. The lowest BCUT2D eigenvalue weighted by Gasteiger charge is -2.19. The van der Waals surface area contributed by atoms with Crippen LogP contribution in [0.2, 0.25) is 0 Å². The molecular formula is C20H28N4O2. The summed E-state index contributed by atoms with van der Waals surface area (Å²) in [5.41, 5.74) is 1.84. The van der Waals surface area contributed by atoms with E-state index in [1.165, 1.54) is 25.7 Å². The van der Waals surface area contributed by atoms with E-state index in [0.717, 1.165) is 49.5 Å². The topological polar surface area (TPSA) is 60.2 Å². The summed E-state index contributed by atoms with van der Waals surface area (Å²) in [6.45, 7) is 3.00. The van der Waals surface area contributed by atoms with Crippen molar-refractivity contribution in [2.45, 2.75) is 51.0 Å². The molecule has 1 saturated carbocycles. The maximum absolute atomic E-state index is 12.7. The number of amides is 1. The normalized spacial score (nSPS) is 21.1. The van der Waals surface area contributed by atoms with Crippen LogP contribution >= 0.6 is 0 Å². The van der Waals surface area contributed by atoms with Gasteiger partial charge < -0.3 is 14.2 Å². The van der Waals surface area contributed by atoms with Crippen molar-refractivity contribution < 1.29 is 9.53 Å². The zero-order valence-corrected chi connectivity index (χ0v) is 15.6. The molecule has 0 N–H and O–H groups in total. The summed E-state index contributed by atoms with van der Waals surface area (Å²) in [6, 6.07) is 3.93. The summed E-state index contributed by atoms with van der Waals surface area (Å²) >= 11 is 0. The highest BCUT2D eigenvalue weighted by Gasteiger charge is 2.32. The van der Waals surface area contributed by atoms with Crippen LogP contribution in [-0.4, -0.2) is 52.1 Å². The van der Waals surface area contributed by atoms with E-state index in [0.29, 0.717) is 18.4 Å². The number of pyridine rings is 1. The highest BCUT2D eigenvalue weighted by atomic mass is 16.5. The maximum Gasteiger partial charge on any atom is 0.222 e. The number of hydrogen-bond donors (Lipinski definition) is 0. The van der Waals surface area contributed by atoms with Gasteiger partial charge in [0.25, 0.3) is 0 Å². The summed E-state index contributed by atoms with van der Waals surface area (Å²) in [4.78, 5) is 24.1. The Hall–Kier alpha value is -1.95. The highest BCUT2D eigenvalue weighted by molar-refractivity contribution is 5.77. The van der Waals surface area contributed by atoms with Crippen LogP contribution in [0.25, 0.3) is 11.2 Å². The van der Waals surface area contributed by atoms with Crippen LogP contribution < -0.4 is 0 Å². The van der Waals surface area contributed by atoms with Crippen LogP contribution in [-0.2, 0) is 16.1 Å². The zero-order valence-electron chi connectivity index (χ0n) is 15.6. The van der Waals surface area contributed by atoms with Gasteiger partial charge in [-0.05, 0) is 37.3 Å². The number of fused-ring (bicyclic) bond motifs is 1. The molecule has 2 fully saturated rings. The minimum Gasteiger partial charge on any atom is -0.383 e. The van der Waals surface area contributed by atoms with Gasteiger partial charge in [-0.2, -0.15) is 0 Å². The fourth-order valence-corrected chi connectivity index (χ4v) is 4.48. The summed E-state index contributed by atoms with van der Waals surface area (Å²) in [5, 5.41) is 0. The number of imidazole rings is 1. The highest BCUT2D eigenvalue weighted by Crippen LogP contribution is 2.32. The summed E-state index contributed by atoms with van der Waals surface area (Å²) in [5.74, 6) is 2.27. The van der Waals surface area contributed by atoms with E-state index in [-0.39, 0.29) is 5.92 Å². The molecule has 2 aromatic rings. The Balaban J connectivity index is 1.50. The number of aromatic nitrogens is 3. The largest absolute Gasteiger partial charge is 0.383 e. The van der Waals surface area contributed by atoms with Crippen molar-refractivity contribution in [2.75, 3.05) is 26.8 Å². The molecule has 4 rings (SSSR count). The molecule has 6 heteroatoms. The molecular weight excluding hydrogens is 328 g/mol. The fraction of sp³-hybridized carbons (Fsp3) is 0.650. The summed E-state index contributed by atoms with van der Waals surface area (Å²) in [6.07, 6.45) is 8.54. The standard InChI is InChI=1S/C20H28N4O2/c1-26-12-11-24-19(22-17-7-4-9-21-20(17)24)16-8-10-23(14-16)18(25)13-15-5-2-3-6-15/h4,7,9,15-16H,2-3,5-6,8,10-14H2,1H3/t16-/m0/s1. The SMILES string of the molecule is COCCn1c([C@H]2CCN(C(=O)CC3CCCC3)C2)nc2cccnc21. The van der Waals surface area contributed by atoms with Gasteiger partial charge in [-0.1, -0.05) is 12.8 Å². The number of rotatable bonds is 6. The lowest BCUT2D eigenvalue weighted by atomic mass is 10.0. The van der Waals surface area contributed by atoms with Crippen molar-refractivity contribution in [3.8, 4) is 0 Å². The molecule has 0 radical (unpaired) electrons. The lowest BCUT2D eigenvalue weighted by molar-refractivity contribution is -0.131. The van der Waals surface area contributed by atoms with Crippen molar-refractivity contribution in [1.29, 1.82) is 0 Å². The van der Waals surface area contributed by atoms with E-state index in [1.54, 1.807) is 7.11 Å². The lowest BCUT2D eigenvalue weighted by Crippen LogP contribution is -2.30. The van der Waals surface area contributed by atoms with E-state index >= 15 is 0 Å². The number of carbonyl (C=O) groups is 1. The molecule has 3 heterocycles. The third kappa shape index (κ3) is 3.47. The van der Waals surface area contributed by atoms with E-state index in [2.05, 4.69) is 14.5 Å². The number of nitrogens with zero attached hydrogens (tertiary/aromatic N) is 4. The van der Waals surface area contributed by atoms with Gasteiger partial charge >= 0.3 is 0 Å². The monoisotopic (exact) mass is 356 g/mol. The molecule has 0 aromatic carbocycles. The van der Waals surface area contributed by atoms with Gasteiger partial charge in [-0.3, -0.25) is 4.79 Å². The smallest absolute Gasteiger partial charge is 0.222 e. The van der Waals surface area contributed by atoms with Crippen LogP contribution in [0.3, 0.4) is 0 Å². The molecule has 1 atom stereocenters. The second kappa shape index (κ2) is 7.74.